The largest absolute Gasteiger partial charge is 0.392 e. The standard InChI is InChI=1S/C18H14ClNO/c19-16-8-6-15(7-9-16)18-11-13(12-21)10-17(20-18)14-4-2-1-3-5-14/h1-11,21H,12H2. The molecule has 0 aliphatic heterocycles. The van der Waals surface area contributed by atoms with Crippen LogP contribution in [0.4, 0.5) is 0 Å². The molecule has 0 atom stereocenters. The number of hydrogen-bond donors (Lipinski definition) is 1. The number of nitrogens with zero attached hydrogens (tertiary/aromatic N) is 1. The lowest BCUT2D eigenvalue weighted by Crippen LogP contribution is -1.93. The van der Waals surface area contributed by atoms with Crippen molar-refractivity contribution in [2.24, 2.45) is 0 Å². The molecule has 2 nitrogen and oxygen atoms in total. The number of aliphatic hydroxyl groups excluding tert-OH is 1. The van der Waals surface area contributed by atoms with E-state index in [-0.39, 0.29) is 6.61 Å². The second kappa shape index (κ2) is 6.08. The molecule has 0 aliphatic carbocycles. The maximum absolute atomic E-state index is 9.48. The number of aliphatic hydroxyl groups is 1. The van der Waals surface area contributed by atoms with Gasteiger partial charge in [0, 0.05) is 16.1 Å². The third-order valence-corrected chi connectivity index (χ3v) is 3.53. The molecule has 21 heavy (non-hydrogen) atoms. The highest BCUT2D eigenvalue weighted by Crippen LogP contribution is 2.25. The zero-order valence-electron chi connectivity index (χ0n) is 11.3. The maximum Gasteiger partial charge on any atom is 0.0713 e. The number of hydrogen-bond acceptors (Lipinski definition) is 2. The summed E-state index contributed by atoms with van der Waals surface area (Å²) < 4.78 is 0. The molecule has 0 saturated carbocycles. The van der Waals surface area contributed by atoms with Crippen molar-refractivity contribution in [1.82, 2.24) is 4.98 Å². The Balaban J connectivity index is 2.11. The summed E-state index contributed by atoms with van der Waals surface area (Å²) in [5.41, 5.74) is 4.54. The molecule has 0 unspecified atom stereocenters. The summed E-state index contributed by atoms with van der Waals surface area (Å²) in [6.45, 7) is -0.0110. The Labute approximate surface area is 128 Å². The highest BCUT2D eigenvalue weighted by Gasteiger charge is 2.06. The predicted octanol–water partition coefficient (Wildman–Crippen LogP) is 4.56. The third-order valence-electron chi connectivity index (χ3n) is 3.28. The fourth-order valence-corrected chi connectivity index (χ4v) is 2.33. The van der Waals surface area contributed by atoms with Gasteiger partial charge in [-0.3, -0.25) is 0 Å². The van der Waals surface area contributed by atoms with E-state index in [1.165, 1.54) is 0 Å². The lowest BCUT2D eigenvalue weighted by Gasteiger charge is -2.08. The molecule has 0 radical (unpaired) electrons. The Hall–Kier alpha value is -2.16. The maximum atomic E-state index is 9.48. The van der Waals surface area contributed by atoms with Crippen LogP contribution in [-0.2, 0) is 6.61 Å². The molecule has 0 aliphatic rings. The third kappa shape index (κ3) is 3.13. The summed E-state index contributed by atoms with van der Waals surface area (Å²) in [5.74, 6) is 0. The van der Waals surface area contributed by atoms with Gasteiger partial charge in [-0.15, -0.1) is 0 Å². The highest BCUT2D eigenvalue weighted by atomic mass is 35.5. The van der Waals surface area contributed by atoms with Gasteiger partial charge in [0.15, 0.2) is 0 Å². The van der Waals surface area contributed by atoms with E-state index in [1.807, 2.05) is 66.7 Å². The number of aromatic nitrogens is 1. The summed E-state index contributed by atoms with van der Waals surface area (Å²) in [7, 11) is 0. The van der Waals surface area contributed by atoms with Crippen LogP contribution in [0, 0.1) is 0 Å². The summed E-state index contributed by atoms with van der Waals surface area (Å²) in [6, 6.07) is 21.3. The zero-order valence-corrected chi connectivity index (χ0v) is 12.1. The van der Waals surface area contributed by atoms with E-state index in [9.17, 15) is 5.11 Å². The van der Waals surface area contributed by atoms with Gasteiger partial charge in [0.2, 0.25) is 0 Å². The van der Waals surface area contributed by atoms with Crippen molar-refractivity contribution in [2.45, 2.75) is 6.61 Å². The first-order chi connectivity index (χ1) is 10.3. The van der Waals surface area contributed by atoms with Gasteiger partial charge < -0.3 is 5.11 Å². The van der Waals surface area contributed by atoms with Crippen LogP contribution in [-0.4, -0.2) is 10.1 Å². The van der Waals surface area contributed by atoms with Crippen LogP contribution in [0.2, 0.25) is 5.02 Å². The minimum atomic E-state index is -0.0110. The van der Waals surface area contributed by atoms with Crippen LogP contribution in [0.25, 0.3) is 22.5 Å². The molecule has 0 fully saturated rings. The Bertz CT molecular complexity index is 739. The SMILES string of the molecule is OCc1cc(-c2ccccc2)nc(-c2ccc(Cl)cc2)c1. The Kier molecular flexibility index (Phi) is 4.00. The smallest absolute Gasteiger partial charge is 0.0713 e. The topological polar surface area (TPSA) is 33.1 Å². The first-order valence-corrected chi connectivity index (χ1v) is 7.07. The molecule has 0 saturated heterocycles. The van der Waals surface area contributed by atoms with Crippen molar-refractivity contribution in [3.8, 4) is 22.5 Å². The summed E-state index contributed by atoms with van der Waals surface area (Å²) in [4.78, 5) is 4.70. The van der Waals surface area contributed by atoms with E-state index in [0.717, 1.165) is 28.1 Å². The van der Waals surface area contributed by atoms with Crippen molar-refractivity contribution in [1.29, 1.82) is 0 Å². The molecule has 1 aromatic heterocycles. The van der Waals surface area contributed by atoms with Gasteiger partial charge in [-0.05, 0) is 29.8 Å². The van der Waals surface area contributed by atoms with Gasteiger partial charge in [-0.1, -0.05) is 54.1 Å². The van der Waals surface area contributed by atoms with Gasteiger partial charge in [-0.2, -0.15) is 0 Å². The van der Waals surface area contributed by atoms with Crippen LogP contribution < -0.4 is 0 Å². The monoisotopic (exact) mass is 295 g/mol. The van der Waals surface area contributed by atoms with Gasteiger partial charge in [0.25, 0.3) is 0 Å². The molecule has 0 spiro atoms. The first kappa shape index (κ1) is 13.8. The average molecular weight is 296 g/mol. The van der Waals surface area contributed by atoms with Crippen LogP contribution in [0.1, 0.15) is 5.56 Å². The number of halogens is 1. The van der Waals surface area contributed by atoms with Gasteiger partial charge in [0.05, 0.1) is 18.0 Å². The Morgan fingerprint density at radius 1 is 0.810 bits per heavy atom. The van der Waals surface area contributed by atoms with Gasteiger partial charge in [0.1, 0.15) is 0 Å². The molecule has 3 heteroatoms. The number of pyridine rings is 1. The highest BCUT2D eigenvalue weighted by molar-refractivity contribution is 6.30. The summed E-state index contributed by atoms with van der Waals surface area (Å²) >= 11 is 5.92. The van der Waals surface area contributed by atoms with Crippen LogP contribution in [0.3, 0.4) is 0 Å². The summed E-state index contributed by atoms with van der Waals surface area (Å²) in [6.07, 6.45) is 0. The van der Waals surface area contributed by atoms with E-state index in [0.29, 0.717) is 5.02 Å². The van der Waals surface area contributed by atoms with Gasteiger partial charge >= 0.3 is 0 Å². The van der Waals surface area contributed by atoms with Crippen molar-refractivity contribution in [2.75, 3.05) is 0 Å². The van der Waals surface area contributed by atoms with E-state index in [4.69, 9.17) is 16.6 Å². The number of benzene rings is 2. The quantitative estimate of drug-likeness (QED) is 0.768. The second-order valence-corrected chi connectivity index (χ2v) is 5.21. The zero-order chi connectivity index (χ0) is 14.7. The minimum Gasteiger partial charge on any atom is -0.392 e. The summed E-state index contributed by atoms with van der Waals surface area (Å²) in [5, 5.41) is 10.2. The van der Waals surface area contributed by atoms with Crippen molar-refractivity contribution in [3.63, 3.8) is 0 Å². The van der Waals surface area contributed by atoms with Crippen LogP contribution >= 0.6 is 11.6 Å². The normalized spacial score (nSPS) is 10.6. The fraction of sp³-hybridized carbons (Fsp3) is 0.0556. The Morgan fingerprint density at radius 2 is 1.38 bits per heavy atom. The van der Waals surface area contributed by atoms with Crippen LogP contribution in [0.15, 0.2) is 66.7 Å². The molecule has 3 rings (SSSR count). The lowest BCUT2D eigenvalue weighted by molar-refractivity contribution is 0.282. The van der Waals surface area contributed by atoms with E-state index >= 15 is 0 Å². The second-order valence-electron chi connectivity index (χ2n) is 4.78. The predicted molar refractivity (Wildman–Crippen MR) is 86.0 cm³/mol. The van der Waals surface area contributed by atoms with Crippen LogP contribution in [0.5, 0.6) is 0 Å². The van der Waals surface area contributed by atoms with E-state index in [1.54, 1.807) is 0 Å². The molecule has 0 bridgehead atoms. The van der Waals surface area contributed by atoms with Gasteiger partial charge in [-0.25, -0.2) is 4.98 Å². The van der Waals surface area contributed by atoms with Crippen molar-refractivity contribution >= 4 is 11.6 Å². The molecular formula is C18H14ClNO. The molecule has 2 aromatic carbocycles. The average Bonchev–Trinajstić information content (AvgIpc) is 2.56. The molecular weight excluding hydrogens is 282 g/mol. The van der Waals surface area contributed by atoms with E-state index in [2.05, 4.69) is 0 Å². The fourth-order valence-electron chi connectivity index (χ4n) is 2.20. The lowest BCUT2D eigenvalue weighted by atomic mass is 10.1. The van der Waals surface area contributed by atoms with Crippen molar-refractivity contribution in [3.05, 3.63) is 77.3 Å². The number of rotatable bonds is 3. The minimum absolute atomic E-state index is 0.0110. The Morgan fingerprint density at radius 3 is 1.95 bits per heavy atom. The molecule has 104 valence electrons. The molecule has 1 heterocycles. The van der Waals surface area contributed by atoms with E-state index < -0.39 is 0 Å². The first-order valence-electron chi connectivity index (χ1n) is 6.69. The molecule has 3 aromatic rings. The molecule has 0 amide bonds. The van der Waals surface area contributed by atoms with Crippen molar-refractivity contribution < 1.29 is 5.11 Å². The molecule has 1 N–H and O–H groups in total.